The number of hydrogen-bond donors (Lipinski definition) is 0. The fraction of sp³-hybridized carbons (Fsp3) is 0.364. The summed E-state index contributed by atoms with van der Waals surface area (Å²) >= 11 is -1.88. The van der Waals surface area contributed by atoms with E-state index in [4.69, 9.17) is 8.91 Å². The molecule has 1 heterocycles. The van der Waals surface area contributed by atoms with Gasteiger partial charge in [-0.05, 0) is 0 Å². The number of unbranched alkanes of at least 4 members (excludes halogenated alkanes) is 1. The first-order valence-corrected chi connectivity index (χ1v) is 9.80. The van der Waals surface area contributed by atoms with Crippen LogP contribution in [0.1, 0.15) is 30.1 Å². The predicted octanol–water partition coefficient (Wildman–Crippen LogP) is 3.69. The maximum absolute atomic E-state index is 12.0. The van der Waals surface area contributed by atoms with Gasteiger partial charge in [-0.2, -0.15) is 0 Å². The molecule has 0 bridgehead atoms. The van der Waals surface area contributed by atoms with Crippen molar-refractivity contribution in [3.63, 3.8) is 0 Å². The third-order valence-electron chi connectivity index (χ3n) is 2.38. The minimum atomic E-state index is -1.88. The SMILES string of the molecule is CCCCN1C(=O)c2ccccc2I1Cl. The molecule has 0 aromatic heterocycles. The normalized spacial score (nSPS) is 17.1. The van der Waals surface area contributed by atoms with E-state index in [1.54, 1.807) is 0 Å². The van der Waals surface area contributed by atoms with E-state index in [1.165, 1.54) is 0 Å². The Morgan fingerprint density at radius 1 is 1.40 bits per heavy atom. The first-order chi connectivity index (χ1) is 7.25. The van der Waals surface area contributed by atoms with Crippen LogP contribution in [0.5, 0.6) is 0 Å². The van der Waals surface area contributed by atoms with Crippen molar-refractivity contribution in [1.29, 1.82) is 0 Å². The summed E-state index contributed by atoms with van der Waals surface area (Å²) < 4.78 is 3.00. The summed E-state index contributed by atoms with van der Waals surface area (Å²) in [6, 6.07) is 7.75. The van der Waals surface area contributed by atoms with Gasteiger partial charge in [-0.3, -0.25) is 0 Å². The molecular formula is C11H13ClINO. The van der Waals surface area contributed by atoms with Crippen molar-refractivity contribution in [2.45, 2.75) is 19.8 Å². The zero-order valence-corrected chi connectivity index (χ0v) is 11.5. The number of amides is 1. The summed E-state index contributed by atoms with van der Waals surface area (Å²) in [5.41, 5.74) is 0.828. The standard InChI is InChI=1S/C11H13ClINO/c1-2-3-8-14-11(15)9-6-4-5-7-10(9)13(14)12/h4-7H,2-3,8H2,1H3. The molecule has 2 rings (SSSR count). The van der Waals surface area contributed by atoms with E-state index in [9.17, 15) is 4.79 Å². The van der Waals surface area contributed by atoms with Crippen LogP contribution in [0.15, 0.2) is 24.3 Å². The second-order valence-corrected chi connectivity index (χ2v) is 8.84. The van der Waals surface area contributed by atoms with E-state index in [2.05, 4.69) is 6.92 Å². The van der Waals surface area contributed by atoms with E-state index >= 15 is 0 Å². The Bertz CT molecular complexity index is 383. The molecule has 0 atom stereocenters. The van der Waals surface area contributed by atoms with Gasteiger partial charge in [-0.1, -0.05) is 0 Å². The van der Waals surface area contributed by atoms with Crippen molar-refractivity contribution in [1.82, 2.24) is 3.11 Å². The van der Waals surface area contributed by atoms with Gasteiger partial charge in [0.15, 0.2) is 0 Å². The second kappa shape index (κ2) is 4.70. The zero-order chi connectivity index (χ0) is 10.8. The third kappa shape index (κ3) is 1.99. The molecule has 82 valence electrons. The van der Waals surface area contributed by atoms with E-state index in [1.807, 2.05) is 27.4 Å². The fourth-order valence-corrected chi connectivity index (χ4v) is 6.64. The average molecular weight is 338 g/mol. The van der Waals surface area contributed by atoms with Crippen molar-refractivity contribution in [2.75, 3.05) is 6.54 Å². The number of carbonyl (C=O) groups is 1. The molecule has 1 aromatic rings. The number of hydrogen-bond acceptors (Lipinski definition) is 1. The van der Waals surface area contributed by atoms with Gasteiger partial charge in [-0.25, -0.2) is 0 Å². The molecule has 15 heavy (non-hydrogen) atoms. The summed E-state index contributed by atoms with van der Waals surface area (Å²) in [6.45, 7) is 2.94. The van der Waals surface area contributed by atoms with Gasteiger partial charge in [0.05, 0.1) is 0 Å². The molecule has 1 aliphatic rings. The van der Waals surface area contributed by atoms with Crippen LogP contribution in [0.3, 0.4) is 0 Å². The van der Waals surface area contributed by atoms with Crippen LogP contribution in [0.25, 0.3) is 0 Å². The third-order valence-corrected chi connectivity index (χ3v) is 8.29. The van der Waals surface area contributed by atoms with E-state index < -0.39 is 19.0 Å². The molecule has 0 saturated carbocycles. The molecule has 0 fully saturated rings. The van der Waals surface area contributed by atoms with Crippen LogP contribution in [-0.2, 0) is 0 Å². The van der Waals surface area contributed by atoms with E-state index in [0.717, 1.165) is 28.5 Å². The Morgan fingerprint density at radius 2 is 2.13 bits per heavy atom. The monoisotopic (exact) mass is 337 g/mol. The van der Waals surface area contributed by atoms with Crippen molar-refractivity contribution < 1.29 is 4.79 Å². The van der Waals surface area contributed by atoms with Crippen LogP contribution in [0.2, 0.25) is 0 Å². The molecule has 1 amide bonds. The Balaban J connectivity index is 2.25. The first-order valence-electron chi connectivity index (χ1n) is 5.03. The molecular weight excluding hydrogens is 324 g/mol. The van der Waals surface area contributed by atoms with E-state index in [0.29, 0.717) is 0 Å². The molecule has 0 aliphatic carbocycles. The molecule has 2 nitrogen and oxygen atoms in total. The number of rotatable bonds is 3. The Kier molecular flexibility index (Phi) is 3.51. The second-order valence-electron chi connectivity index (χ2n) is 3.44. The number of fused-ring (bicyclic) bond motifs is 1. The predicted molar refractivity (Wildman–Crippen MR) is 71.0 cm³/mol. The average Bonchev–Trinajstić information content (AvgIpc) is 2.51. The van der Waals surface area contributed by atoms with Crippen molar-refractivity contribution >= 4 is 33.8 Å². The van der Waals surface area contributed by atoms with Crippen LogP contribution < -0.4 is 0 Å². The van der Waals surface area contributed by atoms with Crippen molar-refractivity contribution in [3.05, 3.63) is 33.4 Å². The Labute approximate surface area is 101 Å². The summed E-state index contributed by atoms with van der Waals surface area (Å²) in [4.78, 5) is 12.0. The number of halogens is 2. The summed E-state index contributed by atoms with van der Waals surface area (Å²) in [6.07, 6.45) is 2.14. The Morgan fingerprint density at radius 3 is 2.80 bits per heavy atom. The van der Waals surface area contributed by atoms with Crippen molar-refractivity contribution in [2.24, 2.45) is 0 Å². The zero-order valence-electron chi connectivity index (χ0n) is 8.54. The van der Waals surface area contributed by atoms with Gasteiger partial charge in [0.1, 0.15) is 0 Å². The van der Waals surface area contributed by atoms with Gasteiger partial charge < -0.3 is 0 Å². The minimum absolute atomic E-state index is 0.138. The fourth-order valence-electron chi connectivity index (χ4n) is 1.55. The number of benzene rings is 1. The first kappa shape index (κ1) is 11.2. The van der Waals surface area contributed by atoms with Gasteiger partial charge in [-0.15, -0.1) is 0 Å². The van der Waals surface area contributed by atoms with Gasteiger partial charge in [0, 0.05) is 0 Å². The van der Waals surface area contributed by atoms with Gasteiger partial charge >= 0.3 is 101 Å². The van der Waals surface area contributed by atoms with Crippen LogP contribution >= 0.6 is 27.9 Å². The molecule has 0 N–H and O–H groups in total. The number of carbonyl (C=O) groups excluding carboxylic acids is 1. The quantitative estimate of drug-likeness (QED) is 0.608. The molecule has 0 unspecified atom stereocenters. The van der Waals surface area contributed by atoms with Crippen LogP contribution in [0, 0.1) is 3.57 Å². The topological polar surface area (TPSA) is 20.3 Å². The van der Waals surface area contributed by atoms with E-state index in [-0.39, 0.29) is 5.91 Å². The Hall–Kier alpha value is -0.290. The number of nitrogens with zero attached hydrogens (tertiary/aromatic N) is 1. The molecule has 1 aliphatic heterocycles. The molecule has 0 spiro atoms. The summed E-state index contributed by atoms with van der Waals surface area (Å²) in [5, 5.41) is 0. The van der Waals surface area contributed by atoms with Crippen LogP contribution in [0.4, 0.5) is 0 Å². The van der Waals surface area contributed by atoms with Gasteiger partial charge in [0.2, 0.25) is 0 Å². The maximum atomic E-state index is 12.0. The molecule has 4 heteroatoms. The molecule has 0 radical (unpaired) electrons. The summed E-state index contributed by atoms with van der Waals surface area (Å²) in [7, 11) is 6.40. The molecule has 1 aromatic carbocycles. The van der Waals surface area contributed by atoms with Crippen molar-refractivity contribution in [3.8, 4) is 0 Å². The molecule has 0 saturated heterocycles. The summed E-state index contributed by atoms with van der Waals surface area (Å²) in [5.74, 6) is 0.138. The van der Waals surface area contributed by atoms with Crippen LogP contribution in [-0.4, -0.2) is 15.6 Å². The van der Waals surface area contributed by atoms with Gasteiger partial charge in [0.25, 0.3) is 0 Å².